The molecule has 2 amide bonds. The molecule has 0 aromatic rings. The highest BCUT2D eigenvalue weighted by molar-refractivity contribution is 7.86. The molecule has 1 fully saturated rings. The van der Waals surface area contributed by atoms with Crippen LogP contribution in [-0.4, -0.2) is 89.3 Å². The van der Waals surface area contributed by atoms with E-state index in [-0.39, 0.29) is 50.0 Å². The van der Waals surface area contributed by atoms with Gasteiger partial charge in [-0.3, -0.25) is 18.0 Å². The van der Waals surface area contributed by atoms with Gasteiger partial charge < -0.3 is 9.80 Å². The average Bonchev–Trinajstić information content (AvgIpc) is 2.46. The lowest BCUT2D eigenvalue weighted by atomic mass is 10.1. The highest BCUT2D eigenvalue weighted by Gasteiger charge is 2.34. The maximum absolute atomic E-state index is 12.3. The van der Waals surface area contributed by atoms with Gasteiger partial charge in [0.1, 0.15) is 0 Å². The van der Waals surface area contributed by atoms with E-state index in [2.05, 4.69) is 8.37 Å². The van der Waals surface area contributed by atoms with Crippen molar-refractivity contribution in [1.29, 1.82) is 0 Å². The lowest BCUT2D eigenvalue weighted by Crippen LogP contribution is -2.59. The largest absolute Gasteiger partial charge is 0.336 e. The van der Waals surface area contributed by atoms with Crippen molar-refractivity contribution >= 4 is 32.1 Å². The van der Waals surface area contributed by atoms with Gasteiger partial charge >= 0.3 is 0 Å². The Kier molecular flexibility index (Phi) is 7.99. The third-order valence-corrected chi connectivity index (χ3v) is 5.04. The topological polar surface area (TPSA) is 127 Å². The summed E-state index contributed by atoms with van der Waals surface area (Å²) in [4.78, 5) is 27.7. The van der Waals surface area contributed by atoms with E-state index in [4.69, 9.17) is 0 Å². The quantitative estimate of drug-likeness (QED) is 0.471. The van der Waals surface area contributed by atoms with Crippen molar-refractivity contribution in [3.05, 3.63) is 0 Å². The zero-order valence-corrected chi connectivity index (χ0v) is 17.0. The summed E-state index contributed by atoms with van der Waals surface area (Å²) in [5.41, 5.74) is 0. The Balaban J connectivity index is 2.55. The Morgan fingerprint density at radius 3 is 1.38 bits per heavy atom. The molecule has 1 rings (SSSR count). The number of hydrogen-bond acceptors (Lipinski definition) is 8. The first-order valence-corrected chi connectivity index (χ1v) is 11.7. The Labute approximate surface area is 154 Å². The molecule has 2 atom stereocenters. The number of carbonyl (C=O) groups excluding carboxylic acids is 2. The van der Waals surface area contributed by atoms with Crippen molar-refractivity contribution in [3.63, 3.8) is 0 Å². The lowest BCUT2D eigenvalue weighted by Gasteiger charge is -2.44. The maximum atomic E-state index is 12.3. The predicted octanol–water partition coefficient (Wildman–Crippen LogP) is -0.833. The van der Waals surface area contributed by atoms with Gasteiger partial charge in [0, 0.05) is 25.2 Å². The Morgan fingerprint density at radius 1 is 0.808 bits per heavy atom. The maximum Gasteiger partial charge on any atom is 0.264 e. The van der Waals surface area contributed by atoms with Crippen LogP contribution in [0.5, 0.6) is 0 Å². The highest BCUT2D eigenvalue weighted by atomic mass is 32.2. The molecule has 0 saturated carbocycles. The fourth-order valence-electron chi connectivity index (χ4n) is 2.67. The zero-order chi connectivity index (χ0) is 20.1. The fraction of sp³-hybridized carbons (Fsp3) is 0.857. The van der Waals surface area contributed by atoms with Crippen molar-refractivity contribution in [2.24, 2.45) is 0 Å². The van der Waals surface area contributed by atoms with Gasteiger partial charge in [-0.2, -0.15) is 16.8 Å². The van der Waals surface area contributed by atoms with Crippen LogP contribution < -0.4 is 0 Å². The second-order valence-corrected chi connectivity index (χ2v) is 9.63. The first-order chi connectivity index (χ1) is 11.8. The van der Waals surface area contributed by atoms with Gasteiger partial charge in [0.05, 0.1) is 38.6 Å². The number of amides is 2. The van der Waals surface area contributed by atoms with Crippen LogP contribution in [0.25, 0.3) is 0 Å². The monoisotopic (exact) mass is 414 g/mol. The summed E-state index contributed by atoms with van der Waals surface area (Å²) < 4.78 is 52.9. The normalized spacial score (nSPS) is 21.7. The molecule has 0 aromatic carbocycles. The Bertz CT molecular complexity index is 657. The summed E-state index contributed by atoms with van der Waals surface area (Å²) in [6, 6.07) is -0.506. The smallest absolute Gasteiger partial charge is 0.264 e. The number of nitrogens with zero attached hydrogens (tertiary/aromatic N) is 2. The first kappa shape index (κ1) is 22.8. The van der Waals surface area contributed by atoms with Crippen LogP contribution in [0.4, 0.5) is 0 Å². The van der Waals surface area contributed by atoms with E-state index in [9.17, 15) is 26.4 Å². The first-order valence-electron chi connectivity index (χ1n) is 8.08. The van der Waals surface area contributed by atoms with E-state index < -0.39 is 20.2 Å². The third-order valence-electron chi connectivity index (χ3n) is 3.85. The molecule has 0 radical (unpaired) electrons. The van der Waals surface area contributed by atoms with Crippen molar-refractivity contribution in [2.45, 2.75) is 38.8 Å². The molecule has 1 heterocycles. The molecule has 152 valence electrons. The van der Waals surface area contributed by atoms with Crippen molar-refractivity contribution in [1.82, 2.24) is 9.80 Å². The summed E-state index contributed by atoms with van der Waals surface area (Å²) in [6.45, 7) is 3.74. The van der Waals surface area contributed by atoms with E-state index in [0.717, 1.165) is 12.5 Å². The van der Waals surface area contributed by atoms with Crippen LogP contribution in [0.3, 0.4) is 0 Å². The van der Waals surface area contributed by atoms with Crippen LogP contribution in [0.2, 0.25) is 0 Å². The van der Waals surface area contributed by atoms with Crippen LogP contribution in [0.1, 0.15) is 26.7 Å². The van der Waals surface area contributed by atoms with Crippen molar-refractivity contribution in [3.8, 4) is 0 Å². The standard InChI is InChI=1S/C14H26N2O8S2/c1-11-9-16(14(18)6-8-24-26(4,21)22)12(2)10-15(11)13(17)5-7-23-25(3,19)20/h11-12H,5-10H2,1-4H3/t11-,12-/m1/s1. The van der Waals surface area contributed by atoms with E-state index in [1.54, 1.807) is 23.6 Å². The molecule has 26 heavy (non-hydrogen) atoms. The van der Waals surface area contributed by atoms with Crippen molar-refractivity contribution < 1.29 is 34.8 Å². The van der Waals surface area contributed by atoms with E-state index in [0.29, 0.717) is 13.1 Å². The van der Waals surface area contributed by atoms with Gasteiger partial charge in [0.25, 0.3) is 20.2 Å². The van der Waals surface area contributed by atoms with Gasteiger partial charge in [-0.1, -0.05) is 0 Å². The van der Waals surface area contributed by atoms with E-state index >= 15 is 0 Å². The summed E-state index contributed by atoms with van der Waals surface area (Å²) >= 11 is 0. The molecule has 0 unspecified atom stereocenters. The SMILES string of the molecule is C[C@@H]1CN(C(=O)CCOS(C)(=O)=O)[C@H](C)CN1C(=O)CCOS(C)(=O)=O. The highest BCUT2D eigenvalue weighted by Crippen LogP contribution is 2.17. The van der Waals surface area contributed by atoms with Crippen LogP contribution in [-0.2, 0) is 38.2 Å². The van der Waals surface area contributed by atoms with Gasteiger partial charge in [-0.05, 0) is 13.8 Å². The van der Waals surface area contributed by atoms with Crippen molar-refractivity contribution in [2.75, 3.05) is 38.8 Å². The average molecular weight is 415 g/mol. The zero-order valence-electron chi connectivity index (χ0n) is 15.4. The molecule has 0 bridgehead atoms. The predicted molar refractivity (Wildman–Crippen MR) is 93.2 cm³/mol. The third kappa shape index (κ3) is 7.98. The minimum atomic E-state index is -3.59. The minimum Gasteiger partial charge on any atom is -0.336 e. The molecular formula is C14H26N2O8S2. The molecule has 12 heteroatoms. The lowest BCUT2D eigenvalue weighted by molar-refractivity contribution is -0.146. The van der Waals surface area contributed by atoms with Crippen LogP contribution in [0, 0.1) is 0 Å². The summed E-state index contributed by atoms with van der Waals surface area (Å²) in [7, 11) is -7.19. The molecular weight excluding hydrogens is 388 g/mol. The number of rotatable bonds is 8. The molecule has 0 N–H and O–H groups in total. The van der Waals surface area contributed by atoms with Crippen LogP contribution >= 0.6 is 0 Å². The second kappa shape index (κ2) is 9.11. The molecule has 1 saturated heterocycles. The van der Waals surface area contributed by atoms with E-state index in [1.807, 2.05) is 0 Å². The summed E-state index contributed by atoms with van der Waals surface area (Å²) in [5.74, 6) is -0.499. The van der Waals surface area contributed by atoms with Crippen LogP contribution in [0.15, 0.2) is 0 Å². The summed E-state index contributed by atoms with van der Waals surface area (Å²) in [6.07, 6.45) is 1.70. The van der Waals surface area contributed by atoms with Gasteiger partial charge in [0.2, 0.25) is 11.8 Å². The minimum absolute atomic E-state index is 0.0692. The van der Waals surface area contributed by atoms with Gasteiger partial charge in [-0.15, -0.1) is 0 Å². The number of hydrogen-bond donors (Lipinski definition) is 0. The van der Waals surface area contributed by atoms with Gasteiger partial charge in [0.15, 0.2) is 0 Å². The fourth-order valence-corrected chi connectivity index (χ4v) is 3.44. The van der Waals surface area contributed by atoms with Gasteiger partial charge in [-0.25, -0.2) is 0 Å². The van der Waals surface area contributed by atoms with E-state index in [1.165, 1.54) is 0 Å². The Morgan fingerprint density at radius 2 is 1.12 bits per heavy atom. The Hall–Kier alpha value is -1.24. The number of carbonyl (C=O) groups is 2. The molecule has 0 aromatic heterocycles. The molecule has 10 nitrogen and oxygen atoms in total. The summed E-state index contributed by atoms with van der Waals surface area (Å²) in [5, 5.41) is 0. The molecule has 1 aliphatic heterocycles. The molecule has 0 aliphatic carbocycles. The second-order valence-electron chi connectivity index (χ2n) is 6.34. The molecule has 0 spiro atoms. The number of piperazine rings is 1. The molecule has 1 aliphatic rings.